The quantitative estimate of drug-likeness (QED) is 0.718. The lowest BCUT2D eigenvalue weighted by atomic mass is 10.1. The van der Waals surface area contributed by atoms with Crippen molar-refractivity contribution in [3.8, 4) is 5.75 Å². The fraction of sp³-hybridized carbons (Fsp3) is 0.391. The molecule has 2 amide bonds. The third kappa shape index (κ3) is 6.06. The molecule has 0 radical (unpaired) electrons. The second-order valence-corrected chi connectivity index (χ2v) is 7.42. The van der Waals surface area contributed by atoms with Gasteiger partial charge in [0.15, 0.2) is 0 Å². The fourth-order valence-electron chi connectivity index (χ4n) is 3.52. The number of nitrogens with one attached hydrogen (secondary N) is 2. The molecule has 3 rings (SSSR count). The molecule has 1 aliphatic heterocycles. The summed E-state index contributed by atoms with van der Waals surface area (Å²) in [5.74, 6) is 0.620. The molecule has 0 aromatic heterocycles. The van der Waals surface area contributed by atoms with Crippen LogP contribution in [-0.4, -0.2) is 49.5 Å². The minimum absolute atomic E-state index is 0.0775. The van der Waals surface area contributed by atoms with Crippen molar-refractivity contribution in [1.29, 1.82) is 0 Å². The molecular weight excluding hydrogens is 366 g/mol. The molecule has 2 aromatic rings. The number of ether oxygens (including phenoxy) is 1. The number of amides is 2. The van der Waals surface area contributed by atoms with Crippen molar-refractivity contribution in [1.82, 2.24) is 15.5 Å². The van der Waals surface area contributed by atoms with Gasteiger partial charge in [-0.1, -0.05) is 42.0 Å². The van der Waals surface area contributed by atoms with Crippen molar-refractivity contribution in [2.45, 2.75) is 32.4 Å². The number of benzene rings is 2. The van der Waals surface area contributed by atoms with Crippen LogP contribution in [0.3, 0.4) is 0 Å². The Morgan fingerprint density at radius 3 is 2.76 bits per heavy atom. The van der Waals surface area contributed by atoms with E-state index in [1.165, 1.54) is 5.56 Å². The highest BCUT2D eigenvalue weighted by molar-refractivity contribution is 5.88. The average molecular weight is 396 g/mol. The summed E-state index contributed by atoms with van der Waals surface area (Å²) in [4.78, 5) is 27.0. The van der Waals surface area contributed by atoms with Crippen molar-refractivity contribution in [2.24, 2.45) is 0 Å². The maximum Gasteiger partial charge on any atom is 0.237 e. The Morgan fingerprint density at radius 2 is 2.00 bits per heavy atom. The van der Waals surface area contributed by atoms with Gasteiger partial charge in [-0.3, -0.25) is 14.5 Å². The first kappa shape index (κ1) is 20.9. The van der Waals surface area contributed by atoms with Crippen LogP contribution in [0.1, 0.15) is 23.1 Å². The van der Waals surface area contributed by atoms with Crippen LogP contribution in [0.2, 0.25) is 0 Å². The van der Waals surface area contributed by atoms with Gasteiger partial charge >= 0.3 is 0 Å². The minimum atomic E-state index is -0.443. The standard InChI is InChI=1S/C23H29N3O3/c1-17-6-8-19(9-7-17)16-26-13-12-25-23(28)21(26)15-22(27)24-11-10-18-4-3-5-20(14-18)29-2/h3-9,14,21H,10-13,15-16H2,1-2H3,(H,24,27)(H,25,28). The Morgan fingerprint density at radius 1 is 1.21 bits per heavy atom. The number of nitrogens with zero attached hydrogens (tertiary/aromatic N) is 1. The van der Waals surface area contributed by atoms with Crippen LogP contribution in [0.5, 0.6) is 5.75 Å². The molecule has 1 heterocycles. The van der Waals surface area contributed by atoms with Crippen molar-refractivity contribution in [3.05, 3.63) is 65.2 Å². The van der Waals surface area contributed by atoms with Crippen molar-refractivity contribution >= 4 is 11.8 Å². The number of hydrogen-bond donors (Lipinski definition) is 2. The van der Waals surface area contributed by atoms with E-state index in [1.807, 2.05) is 24.3 Å². The summed E-state index contributed by atoms with van der Waals surface area (Å²) >= 11 is 0. The predicted molar refractivity (Wildman–Crippen MR) is 113 cm³/mol. The Kier molecular flexibility index (Phi) is 7.25. The summed E-state index contributed by atoms with van der Waals surface area (Å²) < 4.78 is 5.22. The second kappa shape index (κ2) is 10.1. The molecule has 1 unspecified atom stereocenters. The van der Waals surface area contributed by atoms with E-state index >= 15 is 0 Å². The first-order valence-corrected chi connectivity index (χ1v) is 10.0. The molecule has 154 valence electrons. The highest BCUT2D eigenvalue weighted by atomic mass is 16.5. The maximum absolute atomic E-state index is 12.5. The Labute approximate surface area is 172 Å². The Balaban J connectivity index is 1.53. The molecule has 6 nitrogen and oxygen atoms in total. The van der Waals surface area contributed by atoms with E-state index in [-0.39, 0.29) is 18.2 Å². The topological polar surface area (TPSA) is 70.7 Å². The molecule has 0 saturated carbocycles. The van der Waals surface area contributed by atoms with E-state index in [2.05, 4.69) is 46.7 Å². The normalized spacial score (nSPS) is 16.9. The lowest BCUT2D eigenvalue weighted by Gasteiger charge is -2.34. The Bertz CT molecular complexity index is 836. The van der Waals surface area contributed by atoms with Gasteiger partial charge in [-0.05, 0) is 36.6 Å². The molecule has 2 aromatic carbocycles. The molecule has 1 fully saturated rings. The molecule has 6 heteroatoms. The first-order chi connectivity index (χ1) is 14.0. The van der Waals surface area contributed by atoms with E-state index in [4.69, 9.17) is 4.74 Å². The summed E-state index contributed by atoms with van der Waals surface area (Å²) in [5.41, 5.74) is 3.45. The zero-order chi connectivity index (χ0) is 20.6. The van der Waals surface area contributed by atoms with E-state index in [1.54, 1.807) is 7.11 Å². The molecule has 0 aliphatic carbocycles. The lowest BCUT2D eigenvalue weighted by Crippen LogP contribution is -2.56. The minimum Gasteiger partial charge on any atom is -0.497 e. The number of aryl methyl sites for hydroxylation is 1. The van der Waals surface area contributed by atoms with Crippen LogP contribution >= 0.6 is 0 Å². The van der Waals surface area contributed by atoms with Gasteiger partial charge in [-0.15, -0.1) is 0 Å². The van der Waals surface area contributed by atoms with Crippen LogP contribution in [0.15, 0.2) is 48.5 Å². The highest BCUT2D eigenvalue weighted by Crippen LogP contribution is 2.15. The number of carbonyl (C=O) groups excluding carboxylic acids is 2. The van der Waals surface area contributed by atoms with Crippen molar-refractivity contribution < 1.29 is 14.3 Å². The van der Waals surface area contributed by atoms with E-state index in [0.29, 0.717) is 26.1 Å². The van der Waals surface area contributed by atoms with Gasteiger partial charge in [0.05, 0.1) is 19.6 Å². The van der Waals surface area contributed by atoms with E-state index in [0.717, 1.165) is 23.4 Å². The molecular formula is C23H29N3O3. The van der Waals surface area contributed by atoms with Gasteiger partial charge in [0.1, 0.15) is 5.75 Å². The van der Waals surface area contributed by atoms with E-state index < -0.39 is 6.04 Å². The number of piperazine rings is 1. The number of methoxy groups -OCH3 is 1. The monoisotopic (exact) mass is 395 g/mol. The van der Waals surface area contributed by atoms with Crippen LogP contribution in [0, 0.1) is 6.92 Å². The maximum atomic E-state index is 12.5. The molecule has 0 spiro atoms. The molecule has 1 atom stereocenters. The van der Waals surface area contributed by atoms with Crippen molar-refractivity contribution in [2.75, 3.05) is 26.7 Å². The summed E-state index contributed by atoms with van der Waals surface area (Å²) in [6, 6.07) is 15.6. The molecule has 0 bridgehead atoms. The zero-order valence-electron chi connectivity index (χ0n) is 17.1. The van der Waals surface area contributed by atoms with Gasteiger partial charge in [-0.25, -0.2) is 0 Å². The second-order valence-electron chi connectivity index (χ2n) is 7.42. The van der Waals surface area contributed by atoms with Gasteiger partial charge in [-0.2, -0.15) is 0 Å². The van der Waals surface area contributed by atoms with Gasteiger partial charge in [0.25, 0.3) is 0 Å². The van der Waals surface area contributed by atoms with Crippen LogP contribution in [0.25, 0.3) is 0 Å². The third-order valence-corrected chi connectivity index (χ3v) is 5.20. The first-order valence-electron chi connectivity index (χ1n) is 10.0. The van der Waals surface area contributed by atoms with Crippen LogP contribution < -0.4 is 15.4 Å². The molecule has 1 saturated heterocycles. The van der Waals surface area contributed by atoms with Gasteiger partial charge in [0.2, 0.25) is 11.8 Å². The largest absolute Gasteiger partial charge is 0.497 e. The number of hydrogen-bond acceptors (Lipinski definition) is 4. The van der Waals surface area contributed by atoms with Gasteiger partial charge in [0, 0.05) is 26.2 Å². The predicted octanol–water partition coefficient (Wildman–Crippen LogP) is 2.05. The summed E-state index contributed by atoms with van der Waals surface area (Å²) in [6.45, 7) is 4.59. The molecule has 29 heavy (non-hydrogen) atoms. The highest BCUT2D eigenvalue weighted by Gasteiger charge is 2.31. The summed E-state index contributed by atoms with van der Waals surface area (Å²) in [5, 5.41) is 5.82. The number of rotatable bonds is 8. The zero-order valence-corrected chi connectivity index (χ0v) is 17.1. The van der Waals surface area contributed by atoms with Crippen LogP contribution in [0.4, 0.5) is 0 Å². The van der Waals surface area contributed by atoms with Crippen LogP contribution in [-0.2, 0) is 22.6 Å². The number of carbonyl (C=O) groups is 2. The summed E-state index contributed by atoms with van der Waals surface area (Å²) in [6.07, 6.45) is 0.878. The van der Waals surface area contributed by atoms with Gasteiger partial charge < -0.3 is 15.4 Å². The Hall–Kier alpha value is -2.86. The van der Waals surface area contributed by atoms with Crippen molar-refractivity contribution in [3.63, 3.8) is 0 Å². The lowest BCUT2D eigenvalue weighted by molar-refractivity contribution is -0.134. The fourth-order valence-corrected chi connectivity index (χ4v) is 3.52. The SMILES string of the molecule is COc1cccc(CCNC(=O)CC2C(=O)NCCN2Cc2ccc(C)cc2)c1. The smallest absolute Gasteiger partial charge is 0.237 e. The third-order valence-electron chi connectivity index (χ3n) is 5.20. The van der Waals surface area contributed by atoms with E-state index in [9.17, 15) is 9.59 Å². The molecule has 1 aliphatic rings. The molecule has 2 N–H and O–H groups in total. The average Bonchev–Trinajstić information content (AvgIpc) is 2.72. The summed E-state index contributed by atoms with van der Waals surface area (Å²) in [7, 11) is 1.64.